The fourth-order valence-electron chi connectivity index (χ4n) is 1.90. The molecule has 3 N–H and O–H groups in total. The molecule has 0 heterocycles. The van der Waals surface area contributed by atoms with E-state index in [1.807, 2.05) is 20.8 Å². The Morgan fingerprint density at radius 3 is 2.06 bits per heavy atom. The van der Waals surface area contributed by atoms with E-state index >= 15 is 0 Å². The predicted molar refractivity (Wildman–Crippen MR) is 66.6 cm³/mol. The second-order valence-corrected chi connectivity index (χ2v) is 4.22. The van der Waals surface area contributed by atoms with E-state index in [1.54, 1.807) is 4.90 Å². The van der Waals surface area contributed by atoms with Gasteiger partial charge in [0.05, 0.1) is 11.8 Å². The zero-order valence-electron chi connectivity index (χ0n) is 11.0. The Morgan fingerprint density at radius 1 is 1.24 bits per heavy atom. The number of carbonyl (C=O) groups is 2. The SMILES string of the molecule is CCN(CCC(=O)O)C(=O)C(CC)(CC)CN. The van der Waals surface area contributed by atoms with Gasteiger partial charge in [0.2, 0.25) is 5.91 Å². The van der Waals surface area contributed by atoms with E-state index in [-0.39, 0.29) is 18.9 Å². The van der Waals surface area contributed by atoms with Gasteiger partial charge in [-0.1, -0.05) is 13.8 Å². The maximum Gasteiger partial charge on any atom is 0.305 e. The molecular weight excluding hydrogens is 220 g/mol. The average molecular weight is 244 g/mol. The number of amides is 1. The first-order valence-corrected chi connectivity index (χ1v) is 6.18. The molecule has 5 heteroatoms. The van der Waals surface area contributed by atoms with Gasteiger partial charge in [-0.15, -0.1) is 0 Å². The van der Waals surface area contributed by atoms with Crippen LogP contribution < -0.4 is 5.73 Å². The van der Waals surface area contributed by atoms with E-state index in [0.717, 1.165) is 0 Å². The first-order valence-electron chi connectivity index (χ1n) is 6.18. The van der Waals surface area contributed by atoms with Crippen LogP contribution in [0.4, 0.5) is 0 Å². The van der Waals surface area contributed by atoms with E-state index < -0.39 is 11.4 Å². The minimum Gasteiger partial charge on any atom is -0.481 e. The minimum absolute atomic E-state index is 0.0197. The summed E-state index contributed by atoms with van der Waals surface area (Å²) in [6.07, 6.45) is 1.35. The quantitative estimate of drug-likeness (QED) is 0.669. The van der Waals surface area contributed by atoms with Crippen LogP contribution in [0.15, 0.2) is 0 Å². The van der Waals surface area contributed by atoms with Crippen LogP contribution in [0, 0.1) is 5.41 Å². The summed E-state index contributed by atoms with van der Waals surface area (Å²) in [6, 6.07) is 0. The highest BCUT2D eigenvalue weighted by molar-refractivity contribution is 5.83. The van der Waals surface area contributed by atoms with Crippen LogP contribution in [0.5, 0.6) is 0 Å². The third-order valence-corrected chi connectivity index (χ3v) is 3.46. The number of carboxylic acid groups (broad SMARTS) is 1. The Morgan fingerprint density at radius 2 is 1.76 bits per heavy atom. The zero-order chi connectivity index (χ0) is 13.5. The number of carbonyl (C=O) groups excluding carboxylic acids is 1. The number of hydrogen-bond donors (Lipinski definition) is 2. The van der Waals surface area contributed by atoms with Gasteiger partial charge >= 0.3 is 5.97 Å². The van der Waals surface area contributed by atoms with Gasteiger partial charge in [-0.2, -0.15) is 0 Å². The summed E-state index contributed by atoms with van der Waals surface area (Å²) >= 11 is 0. The van der Waals surface area contributed by atoms with Crippen LogP contribution in [-0.4, -0.2) is 41.5 Å². The van der Waals surface area contributed by atoms with E-state index in [0.29, 0.717) is 25.9 Å². The third kappa shape index (κ3) is 4.00. The van der Waals surface area contributed by atoms with Crippen molar-refractivity contribution in [3.63, 3.8) is 0 Å². The van der Waals surface area contributed by atoms with Gasteiger partial charge in [-0.3, -0.25) is 9.59 Å². The standard InChI is InChI=1S/C12H24N2O3/c1-4-12(5-2,9-13)11(17)14(6-3)8-7-10(15)16/h4-9,13H2,1-3H3,(H,15,16). The molecule has 0 radical (unpaired) electrons. The molecule has 5 nitrogen and oxygen atoms in total. The largest absolute Gasteiger partial charge is 0.481 e. The molecule has 0 aromatic rings. The normalized spacial score (nSPS) is 11.3. The average Bonchev–Trinajstić information content (AvgIpc) is 2.32. The maximum absolute atomic E-state index is 12.4. The summed E-state index contributed by atoms with van der Waals surface area (Å²) in [5.41, 5.74) is 5.18. The van der Waals surface area contributed by atoms with Crippen molar-refractivity contribution in [2.45, 2.75) is 40.0 Å². The fourth-order valence-corrected chi connectivity index (χ4v) is 1.90. The predicted octanol–water partition coefficient (Wildman–Crippen LogP) is 1.07. The van der Waals surface area contributed by atoms with E-state index in [4.69, 9.17) is 10.8 Å². The molecular formula is C12H24N2O3. The second-order valence-electron chi connectivity index (χ2n) is 4.22. The van der Waals surface area contributed by atoms with Gasteiger partial charge in [0, 0.05) is 19.6 Å². The summed E-state index contributed by atoms with van der Waals surface area (Å²) < 4.78 is 0. The minimum atomic E-state index is -0.886. The van der Waals surface area contributed by atoms with Crippen molar-refractivity contribution in [3.05, 3.63) is 0 Å². The highest BCUT2D eigenvalue weighted by Gasteiger charge is 2.36. The van der Waals surface area contributed by atoms with Crippen LogP contribution >= 0.6 is 0 Å². The highest BCUT2D eigenvalue weighted by atomic mass is 16.4. The molecule has 0 saturated carbocycles. The maximum atomic E-state index is 12.4. The van der Waals surface area contributed by atoms with Gasteiger partial charge in [-0.25, -0.2) is 0 Å². The summed E-state index contributed by atoms with van der Waals surface area (Å²) in [6.45, 7) is 6.83. The summed E-state index contributed by atoms with van der Waals surface area (Å²) in [5.74, 6) is -0.906. The number of rotatable bonds is 8. The lowest BCUT2D eigenvalue weighted by Crippen LogP contribution is -2.48. The second kappa shape index (κ2) is 7.27. The molecule has 0 aliphatic heterocycles. The summed E-state index contributed by atoms with van der Waals surface area (Å²) in [4.78, 5) is 24.5. The van der Waals surface area contributed by atoms with Crippen LogP contribution in [0.3, 0.4) is 0 Å². The first-order chi connectivity index (χ1) is 7.97. The molecule has 0 rings (SSSR count). The third-order valence-electron chi connectivity index (χ3n) is 3.46. The van der Waals surface area contributed by atoms with Crippen LogP contribution in [0.1, 0.15) is 40.0 Å². The van der Waals surface area contributed by atoms with Crippen molar-refractivity contribution in [3.8, 4) is 0 Å². The van der Waals surface area contributed by atoms with Gasteiger partial charge in [0.25, 0.3) is 0 Å². The molecule has 0 aromatic heterocycles. The van der Waals surface area contributed by atoms with Crippen molar-refractivity contribution >= 4 is 11.9 Å². The van der Waals surface area contributed by atoms with Crippen molar-refractivity contribution in [1.29, 1.82) is 0 Å². The lowest BCUT2D eigenvalue weighted by Gasteiger charge is -2.34. The van der Waals surface area contributed by atoms with Crippen molar-refractivity contribution in [2.24, 2.45) is 11.1 Å². The number of carboxylic acids is 1. The van der Waals surface area contributed by atoms with Gasteiger partial charge < -0.3 is 15.7 Å². The molecule has 0 fully saturated rings. The van der Waals surface area contributed by atoms with Gasteiger partial charge in [-0.05, 0) is 19.8 Å². The Kier molecular flexibility index (Phi) is 6.80. The lowest BCUT2D eigenvalue weighted by atomic mass is 9.81. The molecule has 0 aliphatic carbocycles. The molecule has 0 unspecified atom stereocenters. The van der Waals surface area contributed by atoms with Crippen LogP contribution in [0.25, 0.3) is 0 Å². The molecule has 0 spiro atoms. The van der Waals surface area contributed by atoms with Gasteiger partial charge in [0.15, 0.2) is 0 Å². The zero-order valence-corrected chi connectivity index (χ0v) is 11.0. The molecule has 100 valence electrons. The number of nitrogens with two attached hydrogens (primary N) is 1. The van der Waals surface area contributed by atoms with Crippen molar-refractivity contribution < 1.29 is 14.7 Å². The molecule has 0 bridgehead atoms. The topological polar surface area (TPSA) is 83.6 Å². The molecule has 0 aliphatic rings. The molecule has 17 heavy (non-hydrogen) atoms. The Balaban J connectivity index is 4.76. The highest BCUT2D eigenvalue weighted by Crippen LogP contribution is 2.27. The van der Waals surface area contributed by atoms with Crippen LogP contribution in [0.2, 0.25) is 0 Å². The lowest BCUT2D eigenvalue weighted by molar-refractivity contribution is -0.143. The Labute approximate surface area is 103 Å². The smallest absolute Gasteiger partial charge is 0.305 e. The summed E-state index contributed by atoms with van der Waals surface area (Å²) in [7, 11) is 0. The van der Waals surface area contributed by atoms with Gasteiger partial charge in [0.1, 0.15) is 0 Å². The van der Waals surface area contributed by atoms with E-state index in [1.165, 1.54) is 0 Å². The Hall–Kier alpha value is -1.10. The monoisotopic (exact) mass is 244 g/mol. The number of aliphatic carboxylic acids is 1. The fraction of sp³-hybridized carbons (Fsp3) is 0.833. The van der Waals surface area contributed by atoms with Crippen LogP contribution in [-0.2, 0) is 9.59 Å². The van der Waals surface area contributed by atoms with Crippen molar-refractivity contribution in [2.75, 3.05) is 19.6 Å². The Bertz CT molecular complexity index is 254. The molecule has 1 amide bonds. The number of hydrogen-bond acceptors (Lipinski definition) is 3. The van der Waals surface area contributed by atoms with E-state index in [9.17, 15) is 9.59 Å². The molecule has 0 aromatic carbocycles. The summed E-state index contributed by atoms with van der Waals surface area (Å²) in [5, 5.41) is 8.65. The first kappa shape index (κ1) is 15.9. The number of nitrogens with zero attached hydrogens (tertiary/aromatic N) is 1. The van der Waals surface area contributed by atoms with E-state index in [2.05, 4.69) is 0 Å². The van der Waals surface area contributed by atoms with Crippen molar-refractivity contribution in [1.82, 2.24) is 4.90 Å². The molecule has 0 saturated heterocycles. The molecule has 0 atom stereocenters.